The van der Waals surface area contributed by atoms with Gasteiger partial charge in [-0.3, -0.25) is 4.98 Å². The molecule has 0 spiro atoms. The maximum atomic E-state index is 4.96. The summed E-state index contributed by atoms with van der Waals surface area (Å²) in [6.45, 7) is 4.29. The van der Waals surface area contributed by atoms with E-state index >= 15 is 0 Å². The highest BCUT2D eigenvalue weighted by Gasteiger charge is 2.25. The molecule has 1 nitrogen and oxygen atoms in total. The normalized spacial score (nSPS) is 16.3. The van der Waals surface area contributed by atoms with Crippen LogP contribution < -0.4 is 0 Å². The quantitative estimate of drug-likeness (QED) is 0.596. The fourth-order valence-electron chi connectivity index (χ4n) is 3.25. The number of fused-ring (bicyclic) bond motifs is 1. The third-order valence-corrected chi connectivity index (χ3v) is 5.62. The van der Waals surface area contributed by atoms with Gasteiger partial charge in [-0.1, -0.05) is 47.5 Å². The van der Waals surface area contributed by atoms with Crippen LogP contribution in [0.3, 0.4) is 0 Å². The summed E-state index contributed by atoms with van der Waals surface area (Å²) in [5.41, 5.74) is 7.52. The molecule has 0 aliphatic carbocycles. The lowest BCUT2D eigenvalue weighted by Crippen LogP contribution is -1.95. The summed E-state index contributed by atoms with van der Waals surface area (Å²) < 4.78 is 0. The van der Waals surface area contributed by atoms with Gasteiger partial charge in [0.05, 0.1) is 11.4 Å². The first-order valence-electron chi connectivity index (χ1n) is 7.99. The van der Waals surface area contributed by atoms with Gasteiger partial charge in [-0.25, -0.2) is 0 Å². The van der Waals surface area contributed by atoms with Gasteiger partial charge in [-0.05, 0) is 43.7 Å². The van der Waals surface area contributed by atoms with Crippen molar-refractivity contribution in [2.45, 2.75) is 30.4 Å². The van der Waals surface area contributed by atoms with E-state index in [1.54, 1.807) is 0 Å². The molecule has 2 aromatic carbocycles. The van der Waals surface area contributed by atoms with Gasteiger partial charge in [0.2, 0.25) is 0 Å². The molecule has 3 aromatic rings. The monoisotopic (exact) mass is 317 g/mol. The lowest BCUT2D eigenvalue weighted by Gasteiger charge is -2.07. The minimum absolute atomic E-state index is 0.494. The summed E-state index contributed by atoms with van der Waals surface area (Å²) in [7, 11) is 0. The van der Waals surface area contributed by atoms with Gasteiger partial charge >= 0.3 is 0 Å². The van der Waals surface area contributed by atoms with E-state index in [4.69, 9.17) is 4.98 Å². The molecule has 114 valence electrons. The van der Waals surface area contributed by atoms with Crippen LogP contribution in [0.15, 0.2) is 65.6 Å². The molecule has 0 fully saturated rings. The van der Waals surface area contributed by atoms with E-state index in [9.17, 15) is 0 Å². The van der Waals surface area contributed by atoms with E-state index in [0.717, 1.165) is 12.1 Å². The highest BCUT2D eigenvalue weighted by molar-refractivity contribution is 7.99. The van der Waals surface area contributed by atoms with Crippen molar-refractivity contribution in [1.82, 2.24) is 4.98 Å². The molecule has 0 bridgehead atoms. The van der Waals surface area contributed by atoms with Crippen molar-refractivity contribution >= 4 is 11.8 Å². The predicted octanol–water partition coefficient (Wildman–Crippen LogP) is 5.75. The second-order valence-corrected chi connectivity index (χ2v) is 7.48. The number of pyridine rings is 1. The van der Waals surface area contributed by atoms with E-state index in [1.807, 2.05) is 11.8 Å². The Morgan fingerprint density at radius 3 is 2.39 bits per heavy atom. The summed E-state index contributed by atoms with van der Waals surface area (Å²) >= 11 is 1.94. The lowest BCUT2D eigenvalue weighted by molar-refractivity contribution is 0.904. The molecule has 0 saturated carbocycles. The van der Waals surface area contributed by atoms with Crippen LogP contribution in [0.25, 0.3) is 11.3 Å². The molecule has 1 aliphatic heterocycles. The maximum absolute atomic E-state index is 4.96. The minimum Gasteiger partial charge on any atom is -0.252 e. The Hall–Kier alpha value is -2.06. The molecule has 4 rings (SSSR count). The Labute approximate surface area is 141 Å². The van der Waals surface area contributed by atoms with E-state index in [-0.39, 0.29) is 0 Å². The smallest absolute Gasteiger partial charge is 0.0706 e. The Kier molecular flexibility index (Phi) is 3.70. The van der Waals surface area contributed by atoms with Crippen LogP contribution in [0.1, 0.15) is 27.6 Å². The van der Waals surface area contributed by atoms with E-state index in [0.29, 0.717) is 5.25 Å². The molecule has 1 aromatic heterocycles. The number of nitrogens with zero attached hydrogens (tertiary/aromatic N) is 1. The van der Waals surface area contributed by atoms with Crippen molar-refractivity contribution in [2.75, 3.05) is 0 Å². The van der Waals surface area contributed by atoms with Crippen LogP contribution in [-0.2, 0) is 6.42 Å². The molecule has 0 amide bonds. The molecule has 1 unspecified atom stereocenters. The SMILES string of the molecule is Cc1cc(C)cc(-c2ccc3c(n2)CC(c2ccccc2)S3)c1. The third-order valence-electron chi connectivity index (χ3n) is 4.27. The summed E-state index contributed by atoms with van der Waals surface area (Å²) in [6.07, 6.45) is 1.02. The van der Waals surface area contributed by atoms with Gasteiger partial charge in [0.1, 0.15) is 0 Å². The predicted molar refractivity (Wildman–Crippen MR) is 97.9 cm³/mol. The van der Waals surface area contributed by atoms with Crippen molar-refractivity contribution in [3.05, 3.63) is 83.0 Å². The minimum atomic E-state index is 0.494. The summed E-state index contributed by atoms with van der Waals surface area (Å²) in [4.78, 5) is 6.29. The zero-order valence-electron chi connectivity index (χ0n) is 13.4. The second kappa shape index (κ2) is 5.86. The average Bonchev–Trinajstić information content (AvgIpc) is 2.98. The molecule has 0 radical (unpaired) electrons. The van der Waals surface area contributed by atoms with Crippen molar-refractivity contribution in [3.8, 4) is 11.3 Å². The second-order valence-electron chi connectivity index (χ2n) is 6.24. The fourth-order valence-corrected chi connectivity index (χ4v) is 4.50. The number of hydrogen-bond donors (Lipinski definition) is 0. The van der Waals surface area contributed by atoms with Crippen molar-refractivity contribution < 1.29 is 0 Å². The van der Waals surface area contributed by atoms with E-state index < -0.39 is 0 Å². The van der Waals surface area contributed by atoms with Gasteiger partial charge in [0.25, 0.3) is 0 Å². The number of hydrogen-bond acceptors (Lipinski definition) is 2. The number of thioether (sulfide) groups is 1. The molecule has 23 heavy (non-hydrogen) atoms. The Balaban J connectivity index is 1.67. The first kappa shape index (κ1) is 14.5. The van der Waals surface area contributed by atoms with Crippen molar-refractivity contribution in [2.24, 2.45) is 0 Å². The van der Waals surface area contributed by atoms with Gasteiger partial charge in [-0.2, -0.15) is 0 Å². The molecule has 2 heteroatoms. The summed E-state index contributed by atoms with van der Waals surface area (Å²) in [5.74, 6) is 0. The molecule has 1 aliphatic rings. The Bertz CT molecular complexity index is 835. The van der Waals surface area contributed by atoms with Crippen LogP contribution in [0.5, 0.6) is 0 Å². The molecule has 2 heterocycles. The lowest BCUT2D eigenvalue weighted by atomic mass is 10.0. The number of aromatic nitrogens is 1. The number of benzene rings is 2. The number of aryl methyl sites for hydroxylation is 2. The fraction of sp³-hybridized carbons (Fsp3) is 0.190. The third kappa shape index (κ3) is 2.91. The van der Waals surface area contributed by atoms with Gasteiger partial charge in [0, 0.05) is 22.1 Å². The molecule has 0 N–H and O–H groups in total. The van der Waals surface area contributed by atoms with E-state index in [2.05, 4.69) is 74.5 Å². The maximum Gasteiger partial charge on any atom is 0.0706 e. The van der Waals surface area contributed by atoms with Gasteiger partial charge in [-0.15, -0.1) is 11.8 Å². The zero-order valence-corrected chi connectivity index (χ0v) is 14.2. The van der Waals surface area contributed by atoms with E-state index in [1.165, 1.54) is 32.8 Å². The first-order chi connectivity index (χ1) is 11.2. The summed E-state index contributed by atoms with van der Waals surface area (Å²) in [6, 6.07) is 21.8. The van der Waals surface area contributed by atoms with Crippen LogP contribution in [0.4, 0.5) is 0 Å². The molecule has 0 saturated heterocycles. The highest BCUT2D eigenvalue weighted by atomic mass is 32.2. The zero-order chi connectivity index (χ0) is 15.8. The summed E-state index contributed by atoms with van der Waals surface area (Å²) in [5, 5.41) is 0.494. The van der Waals surface area contributed by atoms with Crippen molar-refractivity contribution in [3.63, 3.8) is 0 Å². The van der Waals surface area contributed by atoms with Crippen LogP contribution >= 0.6 is 11.8 Å². The number of rotatable bonds is 2. The Morgan fingerprint density at radius 1 is 0.913 bits per heavy atom. The average molecular weight is 317 g/mol. The topological polar surface area (TPSA) is 12.9 Å². The molecular weight excluding hydrogens is 298 g/mol. The van der Waals surface area contributed by atoms with Crippen LogP contribution in [0.2, 0.25) is 0 Å². The van der Waals surface area contributed by atoms with Gasteiger partial charge in [0.15, 0.2) is 0 Å². The van der Waals surface area contributed by atoms with Crippen molar-refractivity contribution in [1.29, 1.82) is 0 Å². The standard InChI is InChI=1S/C21H19NS/c1-14-10-15(2)12-17(11-14)18-8-9-20-19(22-18)13-21(23-20)16-6-4-3-5-7-16/h3-12,21H,13H2,1-2H3. The van der Waals surface area contributed by atoms with Crippen LogP contribution in [-0.4, -0.2) is 4.98 Å². The molecular formula is C21H19NS. The largest absolute Gasteiger partial charge is 0.252 e. The van der Waals surface area contributed by atoms with Gasteiger partial charge < -0.3 is 0 Å². The Morgan fingerprint density at radius 2 is 1.65 bits per heavy atom. The first-order valence-corrected chi connectivity index (χ1v) is 8.87. The highest BCUT2D eigenvalue weighted by Crippen LogP contribution is 2.46. The van der Waals surface area contributed by atoms with Crippen LogP contribution in [0, 0.1) is 13.8 Å². The molecule has 1 atom stereocenters.